The number of allylic oxidation sites excluding steroid dienone is 5. The van der Waals surface area contributed by atoms with Crippen molar-refractivity contribution in [2.75, 3.05) is 26.7 Å². The van der Waals surface area contributed by atoms with E-state index in [2.05, 4.69) is 21.7 Å². The van der Waals surface area contributed by atoms with Crippen molar-refractivity contribution in [3.63, 3.8) is 0 Å². The summed E-state index contributed by atoms with van der Waals surface area (Å²) in [6.07, 6.45) is 15.1. The summed E-state index contributed by atoms with van der Waals surface area (Å²) in [5.74, 6) is -1.10. The van der Waals surface area contributed by atoms with Crippen molar-refractivity contribution in [2.45, 2.75) is 108 Å². The van der Waals surface area contributed by atoms with Gasteiger partial charge in [-0.2, -0.15) is 0 Å². The lowest BCUT2D eigenvalue weighted by Crippen LogP contribution is -2.61. The number of carboxylic acids is 1. The Morgan fingerprint density at radius 3 is 2.51 bits per heavy atom. The SMILES string of the molecule is CN1CCCCC2CC(C1)N2C(=O)CCC1CCN2C(=C3CC=CC(OC(F)(F)F)=C31)C(C1CCCCC1)=C1C=CC(C(=O)O)=CC12. The van der Waals surface area contributed by atoms with Crippen molar-refractivity contribution in [1.29, 1.82) is 0 Å². The zero-order valence-corrected chi connectivity index (χ0v) is 27.2. The Bertz CT molecular complexity index is 1480. The minimum absolute atomic E-state index is 0.0993. The summed E-state index contributed by atoms with van der Waals surface area (Å²) in [4.78, 5) is 32.5. The summed E-state index contributed by atoms with van der Waals surface area (Å²) < 4.78 is 46.5. The Labute approximate surface area is 275 Å². The molecule has 0 aromatic rings. The van der Waals surface area contributed by atoms with Crippen LogP contribution < -0.4 is 0 Å². The highest BCUT2D eigenvalue weighted by Crippen LogP contribution is 2.52. The first-order chi connectivity index (χ1) is 22.6. The molecule has 1 saturated carbocycles. The minimum atomic E-state index is -4.85. The van der Waals surface area contributed by atoms with Crippen molar-refractivity contribution in [2.24, 2.45) is 11.8 Å². The average molecular weight is 654 g/mol. The van der Waals surface area contributed by atoms with Gasteiger partial charge < -0.3 is 24.5 Å². The summed E-state index contributed by atoms with van der Waals surface area (Å²) in [7, 11) is 2.11. The number of alkyl halides is 3. The first-order valence-electron chi connectivity index (χ1n) is 17.6. The van der Waals surface area contributed by atoms with Gasteiger partial charge in [0.1, 0.15) is 5.76 Å². The molecule has 7 aliphatic rings. The van der Waals surface area contributed by atoms with Gasteiger partial charge in [-0.25, -0.2) is 4.79 Å². The first-order valence-corrected chi connectivity index (χ1v) is 17.6. The van der Waals surface area contributed by atoms with Gasteiger partial charge in [-0.15, -0.1) is 13.2 Å². The Balaban J connectivity index is 1.26. The third-order valence-corrected chi connectivity index (χ3v) is 11.5. The lowest BCUT2D eigenvalue weighted by molar-refractivity contribution is -0.303. The van der Waals surface area contributed by atoms with Gasteiger partial charge in [-0.05, 0) is 112 Å². The molecule has 2 saturated heterocycles. The summed E-state index contributed by atoms with van der Waals surface area (Å²) in [5, 5.41) is 9.87. The summed E-state index contributed by atoms with van der Waals surface area (Å²) in [6.45, 7) is 2.45. The molecular weight excluding hydrogens is 607 g/mol. The number of amides is 1. The van der Waals surface area contributed by atoms with E-state index in [1.807, 2.05) is 6.08 Å². The number of ether oxygens (including phenoxy) is 1. The number of halogens is 3. The number of nitrogens with zero attached hydrogens (tertiary/aromatic N) is 3. The van der Waals surface area contributed by atoms with Crippen LogP contribution in [0.1, 0.15) is 83.5 Å². The van der Waals surface area contributed by atoms with E-state index in [1.165, 1.54) is 18.1 Å². The van der Waals surface area contributed by atoms with Gasteiger partial charge in [0.2, 0.25) is 5.91 Å². The van der Waals surface area contributed by atoms with Gasteiger partial charge >= 0.3 is 12.3 Å². The van der Waals surface area contributed by atoms with Gasteiger partial charge in [-0.1, -0.05) is 37.8 Å². The van der Waals surface area contributed by atoms with Crippen LogP contribution in [0.4, 0.5) is 13.2 Å². The normalized spacial score (nSPS) is 30.1. The fourth-order valence-corrected chi connectivity index (χ4v) is 9.49. The predicted octanol–water partition coefficient (Wildman–Crippen LogP) is 7.02. The average Bonchev–Trinajstić information content (AvgIpc) is 3.33. The number of hydrogen-bond acceptors (Lipinski definition) is 5. The number of likely N-dealkylation sites (tertiary alicyclic amines) is 1. The maximum Gasteiger partial charge on any atom is 0.573 e. The van der Waals surface area contributed by atoms with E-state index in [9.17, 15) is 27.9 Å². The quantitative estimate of drug-likeness (QED) is 0.332. The molecule has 0 radical (unpaired) electrons. The summed E-state index contributed by atoms with van der Waals surface area (Å²) >= 11 is 0. The van der Waals surface area contributed by atoms with E-state index in [-0.39, 0.29) is 53.6 Å². The molecule has 4 aliphatic heterocycles. The number of hydrogen-bond donors (Lipinski definition) is 1. The molecule has 1 N–H and O–H groups in total. The Morgan fingerprint density at radius 2 is 1.74 bits per heavy atom. The van der Waals surface area contributed by atoms with Crippen LogP contribution in [0.2, 0.25) is 0 Å². The Kier molecular flexibility index (Phi) is 8.91. The molecule has 0 aromatic heterocycles. The second-order valence-electron chi connectivity index (χ2n) is 14.5. The number of aliphatic carboxylic acids is 1. The second kappa shape index (κ2) is 13.0. The van der Waals surface area contributed by atoms with Crippen LogP contribution in [-0.2, 0) is 14.3 Å². The van der Waals surface area contributed by atoms with E-state index in [0.29, 0.717) is 31.4 Å². The monoisotopic (exact) mass is 653 g/mol. The molecule has 4 atom stereocenters. The predicted molar refractivity (Wildman–Crippen MR) is 172 cm³/mol. The van der Waals surface area contributed by atoms with E-state index in [0.717, 1.165) is 81.3 Å². The van der Waals surface area contributed by atoms with Crippen LogP contribution in [0.5, 0.6) is 0 Å². The topological polar surface area (TPSA) is 73.3 Å². The molecule has 2 bridgehead atoms. The van der Waals surface area contributed by atoms with Gasteiger partial charge in [0.25, 0.3) is 0 Å². The molecule has 0 spiro atoms. The maximum atomic E-state index is 13.9. The minimum Gasteiger partial charge on any atom is -0.478 e. The fraction of sp³-hybridized carbons (Fsp3) is 0.622. The van der Waals surface area contributed by atoms with Crippen molar-refractivity contribution in [3.05, 3.63) is 69.7 Å². The molecule has 254 valence electrons. The largest absolute Gasteiger partial charge is 0.573 e. The van der Waals surface area contributed by atoms with Crippen molar-refractivity contribution < 1.29 is 32.6 Å². The zero-order chi connectivity index (χ0) is 32.9. The number of carbonyl (C=O) groups is 2. The lowest BCUT2D eigenvalue weighted by atomic mass is 9.76. The van der Waals surface area contributed by atoms with Gasteiger partial charge in [0.15, 0.2) is 0 Å². The standard InChI is InChI=1S/C37H46F3N3O4/c1-41-18-6-5-10-26-21-27(22-41)43(26)32(44)16-14-24-17-19-42-30-20-25(36(45)46)13-15-28(30)34(23-8-3-2-4-9-23)35(42)29-11-7-12-31(33(24)29)47-37(38,39)40/h7,12-13,15,20,23-24,26-27,30H,2-6,8-11,14,16-19,21-22H2,1H3,(H,45,46). The molecule has 7 nitrogen and oxygen atoms in total. The highest BCUT2D eigenvalue weighted by atomic mass is 19.4. The van der Waals surface area contributed by atoms with Crippen LogP contribution in [-0.4, -0.2) is 82.9 Å². The zero-order valence-electron chi connectivity index (χ0n) is 27.2. The second-order valence-corrected chi connectivity index (χ2v) is 14.5. The Morgan fingerprint density at radius 1 is 0.957 bits per heavy atom. The van der Waals surface area contributed by atoms with E-state index in [4.69, 9.17) is 4.74 Å². The molecule has 1 amide bonds. The number of rotatable bonds is 6. The molecule has 47 heavy (non-hydrogen) atoms. The Hall–Kier alpha value is -3.27. The van der Waals surface area contributed by atoms with E-state index < -0.39 is 12.3 Å². The third kappa shape index (κ3) is 6.34. The lowest BCUT2D eigenvalue weighted by Gasteiger charge is -2.49. The summed E-state index contributed by atoms with van der Waals surface area (Å²) in [6, 6.07) is 0.178. The molecule has 4 unspecified atom stereocenters. The molecule has 0 aromatic carbocycles. The third-order valence-electron chi connectivity index (χ3n) is 11.5. The van der Waals surface area contributed by atoms with E-state index >= 15 is 0 Å². The van der Waals surface area contributed by atoms with Gasteiger partial charge in [0, 0.05) is 42.9 Å². The van der Waals surface area contributed by atoms with Crippen molar-refractivity contribution in [1.82, 2.24) is 14.7 Å². The highest BCUT2D eigenvalue weighted by Gasteiger charge is 2.46. The van der Waals surface area contributed by atoms with Crippen molar-refractivity contribution in [3.8, 4) is 0 Å². The molecule has 3 fully saturated rings. The number of likely N-dealkylation sites (N-methyl/N-ethyl adjacent to an activating group) is 1. The maximum absolute atomic E-state index is 13.9. The number of carboxylic acid groups (broad SMARTS) is 1. The first kappa shape index (κ1) is 32.3. The molecule has 7 rings (SSSR count). The van der Waals surface area contributed by atoms with Crippen LogP contribution in [0, 0.1) is 11.8 Å². The fourth-order valence-electron chi connectivity index (χ4n) is 9.49. The van der Waals surface area contributed by atoms with Crippen molar-refractivity contribution >= 4 is 11.9 Å². The van der Waals surface area contributed by atoms with Gasteiger partial charge in [0.05, 0.1) is 11.6 Å². The molecule has 10 heteroatoms. The molecule has 4 heterocycles. The molecule has 3 aliphatic carbocycles. The van der Waals surface area contributed by atoms with Crippen LogP contribution in [0.25, 0.3) is 0 Å². The van der Waals surface area contributed by atoms with Crippen LogP contribution in [0.15, 0.2) is 69.7 Å². The summed E-state index contributed by atoms with van der Waals surface area (Å²) in [5.41, 5.74) is 4.85. The number of carbonyl (C=O) groups excluding carboxylic acids is 1. The van der Waals surface area contributed by atoms with Crippen LogP contribution >= 0.6 is 0 Å². The molecular formula is C37H46F3N3O4. The smallest absolute Gasteiger partial charge is 0.478 e. The highest BCUT2D eigenvalue weighted by molar-refractivity contribution is 5.91. The van der Waals surface area contributed by atoms with Crippen LogP contribution in [0.3, 0.4) is 0 Å². The van der Waals surface area contributed by atoms with Gasteiger partial charge in [-0.3, -0.25) is 4.79 Å². The number of fused-ring (bicyclic) bond motifs is 6. The van der Waals surface area contributed by atoms with E-state index in [1.54, 1.807) is 18.2 Å².